The molecule has 0 atom stereocenters. The van der Waals surface area contributed by atoms with E-state index in [-0.39, 0.29) is 5.75 Å². The molecule has 0 unspecified atom stereocenters. The standard InChI is InChI=1S/C25H31F3O5S/c1-5-23(6-2,19-7-9-21(17(3)15-19)24(29)11-13-32-14-12-24)20-8-10-22(18(4)16-20)33-34(30,31)25(26,27)28/h7-10,15-16,29H,5-6,11-14H2,1-4H3. The van der Waals surface area contributed by atoms with Crippen LogP contribution < -0.4 is 4.18 Å². The number of ether oxygens (including phenoxy) is 1. The van der Waals surface area contributed by atoms with E-state index in [4.69, 9.17) is 4.74 Å². The van der Waals surface area contributed by atoms with Gasteiger partial charge in [-0.1, -0.05) is 44.2 Å². The maximum atomic E-state index is 12.7. The molecule has 3 rings (SSSR count). The average molecular weight is 501 g/mol. The number of hydrogen-bond acceptors (Lipinski definition) is 5. The molecule has 9 heteroatoms. The topological polar surface area (TPSA) is 72.8 Å². The summed E-state index contributed by atoms with van der Waals surface area (Å²) >= 11 is 0. The van der Waals surface area contributed by atoms with Gasteiger partial charge in [0.1, 0.15) is 5.75 Å². The Morgan fingerprint density at radius 1 is 0.971 bits per heavy atom. The molecule has 1 fully saturated rings. The molecule has 5 nitrogen and oxygen atoms in total. The van der Waals surface area contributed by atoms with Crippen LogP contribution in [0.25, 0.3) is 0 Å². The van der Waals surface area contributed by atoms with Crippen LogP contribution >= 0.6 is 0 Å². The van der Waals surface area contributed by atoms with E-state index < -0.39 is 26.6 Å². The third-order valence-corrected chi connectivity index (χ3v) is 7.98. The van der Waals surface area contributed by atoms with Gasteiger partial charge in [0, 0.05) is 31.5 Å². The van der Waals surface area contributed by atoms with E-state index in [0.717, 1.165) is 22.3 Å². The molecule has 2 aromatic rings. The Bertz CT molecular complexity index is 1130. The van der Waals surface area contributed by atoms with E-state index in [0.29, 0.717) is 44.5 Å². The number of hydrogen-bond donors (Lipinski definition) is 1. The Hall–Kier alpha value is -2.10. The molecule has 34 heavy (non-hydrogen) atoms. The van der Waals surface area contributed by atoms with Crippen molar-refractivity contribution in [2.24, 2.45) is 0 Å². The Kier molecular flexibility index (Phi) is 7.41. The first-order valence-electron chi connectivity index (χ1n) is 11.3. The van der Waals surface area contributed by atoms with Gasteiger partial charge in [-0.25, -0.2) is 0 Å². The molecular weight excluding hydrogens is 469 g/mol. The maximum Gasteiger partial charge on any atom is 0.534 e. The minimum absolute atomic E-state index is 0.293. The van der Waals surface area contributed by atoms with Crippen LogP contribution in [-0.2, 0) is 25.9 Å². The van der Waals surface area contributed by atoms with Crippen molar-refractivity contribution in [2.75, 3.05) is 13.2 Å². The molecule has 1 N–H and O–H groups in total. The Morgan fingerprint density at radius 2 is 1.50 bits per heavy atom. The first-order chi connectivity index (χ1) is 15.8. The Labute approximate surface area is 199 Å². The molecule has 0 aromatic heterocycles. The van der Waals surface area contributed by atoms with E-state index >= 15 is 0 Å². The largest absolute Gasteiger partial charge is 0.534 e. The van der Waals surface area contributed by atoms with Gasteiger partial charge < -0.3 is 14.0 Å². The van der Waals surface area contributed by atoms with Crippen LogP contribution in [-0.4, -0.2) is 32.2 Å². The Morgan fingerprint density at radius 3 is 1.97 bits per heavy atom. The number of aliphatic hydroxyl groups is 1. The minimum Gasteiger partial charge on any atom is -0.385 e. The molecule has 1 aliphatic heterocycles. The summed E-state index contributed by atoms with van der Waals surface area (Å²) in [6.07, 6.45) is 2.48. The molecule has 2 aromatic carbocycles. The van der Waals surface area contributed by atoms with Crippen LogP contribution in [0.2, 0.25) is 0 Å². The van der Waals surface area contributed by atoms with Crippen LogP contribution in [0, 0.1) is 13.8 Å². The predicted molar refractivity (Wildman–Crippen MR) is 123 cm³/mol. The zero-order valence-electron chi connectivity index (χ0n) is 19.8. The predicted octanol–water partition coefficient (Wildman–Crippen LogP) is 5.64. The van der Waals surface area contributed by atoms with Gasteiger partial charge in [0.2, 0.25) is 0 Å². The number of halogens is 3. The molecule has 0 amide bonds. The lowest BCUT2D eigenvalue weighted by Gasteiger charge is -2.37. The van der Waals surface area contributed by atoms with Crippen molar-refractivity contribution < 1.29 is 35.6 Å². The van der Waals surface area contributed by atoms with Gasteiger partial charge in [-0.3, -0.25) is 0 Å². The van der Waals surface area contributed by atoms with Crippen LogP contribution in [0.15, 0.2) is 36.4 Å². The third-order valence-electron chi connectivity index (χ3n) is 7.02. The molecule has 0 spiro atoms. The smallest absolute Gasteiger partial charge is 0.385 e. The summed E-state index contributed by atoms with van der Waals surface area (Å²) in [5, 5.41) is 11.1. The highest BCUT2D eigenvalue weighted by Gasteiger charge is 2.48. The molecule has 1 aliphatic rings. The molecule has 0 radical (unpaired) electrons. The molecule has 188 valence electrons. The molecule has 0 aliphatic carbocycles. The second-order valence-corrected chi connectivity index (χ2v) is 10.5. The summed E-state index contributed by atoms with van der Waals surface area (Å²) in [6, 6.07) is 10.6. The first-order valence-corrected chi connectivity index (χ1v) is 12.7. The number of aryl methyl sites for hydroxylation is 2. The summed E-state index contributed by atoms with van der Waals surface area (Å²) in [5.41, 5.74) is -2.88. The summed E-state index contributed by atoms with van der Waals surface area (Å²) in [4.78, 5) is 0. The van der Waals surface area contributed by atoms with E-state index in [2.05, 4.69) is 10.2 Å². The van der Waals surface area contributed by atoms with Crippen molar-refractivity contribution in [1.82, 2.24) is 0 Å². The van der Waals surface area contributed by atoms with Crippen molar-refractivity contribution in [1.29, 1.82) is 0 Å². The zero-order valence-corrected chi connectivity index (χ0v) is 20.6. The lowest BCUT2D eigenvalue weighted by Crippen LogP contribution is -2.34. The fraction of sp³-hybridized carbons (Fsp3) is 0.520. The van der Waals surface area contributed by atoms with Gasteiger partial charge >= 0.3 is 15.6 Å². The molecule has 1 heterocycles. The van der Waals surface area contributed by atoms with Crippen molar-refractivity contribution in [2.45, 2.75) is 69.9 Å². The highest BCUT2D eigenvalue weighted by atomic mass is 32.2. The lowest BCUT2D eigenvalue weighted by molar-refractivity contribution is -0.0682. The molecular formula is C25H31F3O5S. The summed E-state index contributed by atoms with van der Waals surface area (Å²) in [7, 11) is -5.74. The van der Waals surface area contributed by atoms with Gasteiger partial charge in [-0.2, -0.15) is 21.6 Å². The molecule has 0 bridgehead atoms. The summed E-state index contributed by atoms with van der Waals surface area (Å²) in [5.74, 6) is -0.351. The fourth-order valence-electron chi connectivity index (χ4n) is 4.90. The number of benzene rings is 2. The fourth-order valence-corrected chi connectivity index (χ4v) is 5.42. The highest BCUT2D eigenvalue weighted by Crippen LogP contribution is 2.43. The monoisotopic (exact) mass is 500 g/mol. The Balaban J connectivity index is 2.01. The van der Waals surface area contributed by atoms with Gasteiger partial charge in [-0.05, 0) is 60.6 Å². The van der Waals surface area contributed by atoms with Gasteiger partial charge in [-0.15, -0.1) is 0 Å². The number of rotatable bonds is 7. The SMILES string of the molecule is CCC(CC)(c1ccc(OS(=O)(=O)C(F)(F)F)c(C)c1)c1ccc(C2(O)CCOCC2)c(C)c1. The van der Waals surface area contributed by atoms with Crippen LogP contribution in [0.4, 0.5) is 13.2 Å². The normalized spacial score (nSPS) is 16.9. The van der Waals surface area contributed by atoms with Gasteiger partial charge in [0.25, 0.3) is 0 Å². The minimum atomic E-state index is -5.74. The van der Waals surface area contributed by atoms with Gasteiger partial charge in [0.15, 0.2) is 0 Å². The van der Waals surface area contributed by atoms with Crippen molar-refractivity contribution in [3.8, 4) is 5.75 Å². The van der Waals surface area contributed by atoms with Crippen molar-refractivity contribution in [3.05, 3.63) is 64.2 Å². The van der Waals surface area contributed by atoms with Crippen LogP contribution in [0.5, 0.6) is 5.75 Å². The molecule has 0 saturated carbocycles. The second-order valence-electron chi connectivity index (χ2n) is 8.93. The van der Waals surface area contributed by atoms with E-state index in [9.17, 15) is 26.7 Å². The van der Waals surface area contributed by atoms with E-state index in [1.54, 1.807) is 12.1 Å². The lowest BCUT2D eigenvalue weighted by atomic mass is 9.69. The highest BCUT2D eigenvalue weighted by molar-refractivity contribution is 7.88. The molecule has 1 saturated heterocycles. The second kappa shape index (κ2) is 9.51. The first kappa shape index (κ1) is 26.5. The number of alkyl halides is 3. The van der Waals surface area contributed by atoms with Gasteiger partial charge in [0.05, 0.1) is 5.60 Å². The zero-order chi connectivity index (χ0) is 25.4. The summed E-state index contributed by atoms with van der Waals surface area (Å²) < 4.78 is 70.9. The third kappa shape index (κ3) is 4.83. The van der Waals surface area contributed by atoms with Crippen molar-refractivity contribution in [3.63, 3.8) is 0 Å². The maximum absolute atomic E-state index is 12.7. The van der Waals surface area contributed by atoms with Crippen LogP contribution in [0.1, 0.15) is 67.3 Å². The van der Waals surface area contributed by atoms with E-state index in [1.165, 1.54) is 13.0 Å². The van der Waals surface area contributed by atoms with Crippen molar-refractivity contribution >= 4 is 10.1 Å². The quantitative estimate of drug-likeness (QED) is 0.394. The average Bonchev–Trinajstić information content (AvgIpc) is 2.76. The van der Waals surface area contributed by atoms with E-state index in [1.807, 2.05) is 32.9 Å². The van der Waals surface area contributed by atoms with Crippen LogP contribution in [0.3, 0.4) is 0 Å². The summed E-state index contributed by atoms with van der Waals surface area (Å²) in [6.45, 7) is 8.56.